The van der Waals surface area contributed by atoms with Crippen LogP contribution in [-0.4, -0.2) is 12.9 Å². The fourth-order valence-corrected chi connectivity index (χ4v) is 3.13. The summed E-state index contributed by atoms with van der Waals surface area (Å²) < 4.78 is 5.36. The molecule has 0 aliphatic rings. The molecular formula is C8H17BrO2Zn. The van der Waals surface area contributed by atoms with Crippen LogP contribution in [-0.2, 0) is 25.8 Å². The molecule has 0 aliphatic carbocycles. The van der Waals surface area contributed by atoms with Crippen LogP contribution >= 0.6 is 17.0 Å². The van der Waals surface area contributed by atoms with Crippen molar-refractivity contribution in [2.45, 2.75) is 37.6 Å². The molecule has 0 fully saturated rings. The third-order valence-corrected chi connectivity index (χ3v) is 4.68. The quantitative estimate of drug-likeness (QED) is 0.390. The summed E-state index contributed by atoms with van der Waals surface area (Å²) >= 11 is -0.591. The molecule has 0 atom stereocenters. The standard InChI is InChI=1S/C6H11O.C2H5O.BrH.Zn/c1-2-3-4-5-6-7;1-2-3;;/h6H,1-5H2;2H2,1H3;1H;/q;-1;;+1. The molecule has 0 saturated heterocycles. The van der Waals surface area contributed by atoms with Crippen LogP contribution in [0.3, 0.4) is 0 Å². The van der Waals surface area contributed by atoms with E-state index in [9.17, 15) is 4.79 Å². The van der Waals surface area contributed by atoms with E-state index < -0.39 is 17.5 Å². The Balaban J connectivity index is 0. The average molecular weight is 291 g/mol. The van der Waals surface area contributed by atoms with E-state index in [1.54, 1.807) is 0 Å². The summed E-state index contributed by atoms with van der Waals surface area (Å²) in [5.41, 5.74) is 0. The predicted molar refractivity (Wildman–Crippen MR) is 51.3 cm³/mol. The number of halogens is 1. The van der Waals surface area contributed by atoms with Crippen molar-refractivity contribution in [1.82, 2.24) is 0 Å². The number of aldehydes is 1. The van der Waals surface area contributed by atoms with E-state index in [0.29, 0.717) is 0 Å². The minimum atomic E-state index is -0.591. The maximum atomic E-state index is 9.93. The Bertz CT molecular complexity index is 91.1. The molecule has 0 aromatic rings. The zero-order valence-electron chi connectivity index (χ0n) is 7.75. The summed E-state index contributed by atoms with van der Waals surface area (Å²) in [5, 5.41) is 1.32. The Morgan fingerprint density at radius 2 is 2.08 bits per heavy atom. The van der Waals surface area contributed by atoms with Gasteiger partial charge in [-0.05, 0) is 0 Å². The van der Waals surface area contributed by atoms with Crippen molar-refractivity contribution in [3.8, 4) is 0 Å². The van der Waals surface area contributed by atoms with Gasteiger partial charge in [0.05, 0.1) is 0 Å². The molecule has 0 aromatic heterocycles. The summed E-state index contributed by atoms with van der Waals surface area (Å²) in [5.74, 6) is 0. The first-order valence-electron chi connectivity index (χ1n) is 4.43. The van der Waals surface area contributed by atoms with Crippen LogP contribution in [0.5, 0.6) is 0 Å². The van der Waals surface area contributed by atoms with Gasteiger partial charge in [-0.3, -0.25) is 0 Å². The van der Waals surface area contributed by atoms with Crippen molar-refractivity contribution >= 4 is 23.3 Å². The second-order valence-corrected chi connectivity index (χ2v) is 5.76. The topological polar surface area (TPSA) is 26.3 Å². The van der Waals surface area contributed by atoms with Gasteiger partial charge in [-0.2, -0.15) is 0 Å². The van der Waals surface area contributed by atoms with E-state index in [0.717, 1.165) is 25.7 Å². The first kappa shape index (κ1) is 15.2. The SMILES string of the molecule is Br.CC[O][Zn][CH2]CCCCC=O. The molecule has 0 radical (unpaired) electrons. The van der Waals surface area contributed by atoms with Crippen LogP contribution in [0.15, 0.2) is 0 Å². The Morgan fingerprint density at radius 3 is 2.67 bits per heavy atom. The van der Waals surface area contributed by atoms with Gasteiger partial charge in [0.2, 0.25) is 0 Å². The summed E-state index contributed by atoms with van der Waals surface area (Å²) in [4.78, 5) is 9.93. The summed E-state index contributed by atoms with van der Waals surface area (Å²) in [6.07, 6.45) is 5.29. The van der Waals surface area contributed by atoms with E-state index in [-0.39, 0.29) is 17.0 Å². The van der Waals surface area contributed by atoms with Crippen molar-refractivity contribution in [2.24, 2.45) is 0 Å². The van der Waals surface area contributed by atoms with Gasteiger partial charge < -0.3 is 0 Å². The molecule has 0 unspecified atom stereocenters. The van der Waals surface area contributed by atoms with E-state index in [2.05, 4.69) is 6.92 Å². The molecule has 0 amide bonds. The third kappa shape index (κ3) is 13.3. The molecule has 0 rings (SSSR count). The molecule has 0 saturated carbocycles. The van der Waals surface area contributed by atoms with Crippen LogP contribution in [0.1, 0.15) is 32.6 Å². The van der Waals surface area contributed by atoms with Crippen LogP contribution < -0.4 is 0 Å². The van der Waals surface area contributed by atoms with Crippen molar-refractivity contribution in [3.05, 3.63) is 0 Å². The van der Waals surface area contributed by atoms with Crippen LogP contribution in [0.4, 0.5) is 0 Å². The third-order valence-electron chi connectivity index (χ3n) is 1.56. The first-order chi connectivity index (χ1) is 5.41. The average Bonchev–Trinajstić information content (AvgIpc) is 2.03. The zero-order chi connectivity index (χ0) is 8.36. The van der Waals surface area contributed by atoms with Crippen molar-refractivity contribution in [3.63, 3.8) is 0 Å². The Hall–Kier alpha value is 0.733. The van der Waals surface area contributed by atoms with Gasteiger partial charge in [0, 0.05) is 0 Å². The van der Waals surface area contributed by atoms with E-state index in [1.807, 2.05) is 0 Å². The number of unbranched alkanes of at least 4 members (excludes halogenated alkanes) is 3. The maximum absolute atomic E-state index is 9.93. The zero-order valence-corrected chi connectivity index (χ0v) is 12.4. The minimum absolute atomic E-state index is 0. The molecule has 0 N–H and O–H groups in total. The Labute approximate surface area is 93.2 Å². The summed E-state index contributed by atoms with van der Waals surface area (Å²) in [6.45, 7) is 2.95. The molecular weight excluding hydrogens is 273 g/mol. The van der Waals surface area contributed by atoms with Crippen LogP contribution in [0.25, 0.3) is 0 Å². The van der Waals surface area contributed by atoms with Crippen LogP contribution in [0, 0.1) is 0 Å². The second-order valence-electron chi connectivity index (χ2n) is 2.57. The molecule has 12 heavy (non-hydrogen) atoms. The van der Waals surface area contributed by atoms with Crippen molar-refractivity contribution in [1.29, 1.82) is 0 Å². The molecule has 0 heterocycles. The molecule has 0 aromatic carbocycles. The van der Waals surface area contributed by atoms with E-state index in [4.69, 9.17) is 3.56 Å². The van der Waals surface area contributed by atoms with E-state index >= 15 is 0 Å². The Kier molecular flexibility index (Phi) is 18.1. The molecule has 0 spiro atoms. The fourth-order valence-electron chi connectivity index (χ4n) is 0.930. The molecule has 0 bridgehead atoms. The second kappa shape index (κ2) is 14.3. The van der Waals surface area contributed by atoms with Crippen LogP contribution in [0.2, 0.25) is 5.02 Å². The van der Waals surface area contributed by atoms with Gasteiger partial charge >= 0.3 is 76.4 Å². The summed E-state index contributed by atoms with van der Waals surface area (Å²) in [6, 6.07) is 0. The predicted octanol–water partition coefficient (Wildman–Crippen LogP) is 2.78. The molecule has 2 nitrogen and oxygen atoms in total. The van der Waals surface area contributed by atoms with Gasteiger partial charge in [-0.25, -0.2) is 0 Å². The normalized spacial score (nSPS) is 8.42. The van der Waals surface area contributed by atoms with Gasteiger partial charge in [0.15, 0.2) is 0 Å². The number of hydrogen-bond acceptors (Lipinski definition) is 2. The molecule has 4 heteroatoms. The number of carbonyl (C=O) groups excluding carboxylic acids is 1. The number of carbonyl (C=O) groups is 1. The monoisotopic (exact) mass is 288 g/mol. The summed E-state index contributed by atoms with van der Waals surface area (Å²) in [7, 11) is 0. The van der Waals surface area contributed by atoms with Gasteiger partial charge in [0.25, 0.3) is 0 Å². The van der Waals surface area contributed by atoms with Gasteiger partial charge in [0.1, 0.15) is 0 Å². The van der Waals surface area contributed by atoms with Crippen molar-refractivity contribution in [2.75, 3.05) is 6.61 Å². The van der Waals surface area contributed by atoms with Crippen molar-refractivity contribution < 1.29 is 25.8 Å². The van der Waals surface area contributed by atoms with Gasteiger partial charge in [-0.15, -0.1) is 17.0 Å². The Morgan fingerprint density at radius 1 is 1.33 bits per heavy atom. The fraction of sp³-hybridized carbons (Fsp3) is 0.875. The number of hydrogen-bond donors (Lipinski definition) is 0. The van der Waals surface area contributed by atoms with Gasteiger partial charge in [-0.1, -0.05) is 0 Å². The number of rotatable bonds is 8. The van der Waals surface area contributed by atoms with E-state index in [1.165, 1.54) is 17.9 Å². The molecule has 0 aliphatic heterocycles. The first-order valence-corrected chi connectivity index (χ1v) is 7.74. The molecule has 70 valence electrons.